The molecule has 180 valence electrons. The lowest BCUT2D eigenvalue weighted by atomic mass is 10.1. The van der Waals surface area contributed by atoms with Crippen molar-refractivity contribution in [3.05, 3.63) is 12.2 Å². The highest BCUT2D eigenvalue weighted by Gasteiger charge is 2.23. The largest absolute Gasteiger partial charge is 0.385 e. The van der Waals surface area contributed by atoms with E-state index < -0.39 is 13.7 Å². The third kappa shape index (κ3) is 22.5. The standard InChI is InChI=1S/C24H50NO4P/c1-5-6-7-8-9-10-11-12-13-14-15-16-17-18-19-20-21-30(27,28)29-23-24(26)22-25(2,3)4/h12-13,24,26H,5-11,14-23H2,1-4H3/p+1/b13-12+. The van der Waals surface area contributed by atoms with Gasteiger partial charge in [-0.15, -0.1) is 0 Å². The van der Waals surface area contributed by atoms with E-state index in [1.165, 1.54) is 70.6 Å². The van der Waals surface area contributed by atoms with Crippen molar-refractivity contribution in [2.45, 2.75) is 103 Å². The van der Waals surface area contributed by atoms with E-state index in [-0.39, 0.29) is 12.8 Å². The van der Waals surface area contributed by atoms with Crippen LogP contribution >= 0.6 is 7.60 Å². The van der Waals surface area contributed by atoms with Gasteiger partial charge in [-0.2, -0.15) is 0 Å². The topological polar surface area (TPSA) is 66.8 Å². The summed E-state index contributed by atoms with van der Waals surface area (Å²) in [5, 5.41) is 9.88. The van der Waals surface area contributed by atoms with Gasteiger partial charge in [0.2, 0.25) is 0 Å². The van der Waals surface area contributed by atoms with E-state index >= 15 is 0 Å². The number of allylic oxidation sites excluding steroid dienone is 2. The molecule has 0 spiro atoms. The zero-order valence-corrected chi connectivity index (χ0v) is 21.3. The van der Waals surface area contributed by atoms with E-state index in [1.807, 2.05) is 21.1 Å². The second kappa shape index (κ2) is 18.4. The molecular formula is C24H51NO4P+. The number of rotatable bonds is 21. The molecule has 0 aliphatic carbocycles. The molecule has 0 amide bonds. The highest BCUT2D eigenvalue weighted by atomic mass is 31.2. The molecule has 0 radical (unpaired) electrons. The SMILES string of the molecule is CCCCCCCC/C=C/CCCCCCCCP(=O)(O)OCC(O)C[N+](C)(C)C. The molecule has 5 nitrogen and oxygen atoms in total. The molecule has 0 aliphatic heterocycles. The Balaban J connectivity index is 3.49. The molecule has 0 bridgehead atoms. The van der Waals surface area contributed by atoms with Crippen molar-refractivity contribution in [3.63, 3.8) is 0 Å². The molecule has 0 saturated carbocycles. The maximum atomic E-state index is 12.0. The van der Waals surface area contributed by atoms with E-state index in [2.05, 4.69) is 19.1 Å². The quantitative estimate of drug-likeness (QED) is 0.0937. The van der Waals surface area contributed by atoms with E-state index in [1.54, 1.807) is 0 Å². The van der Waals surface area contributed by atoms with E-state index in [4.69, 9.17) is 4.52 Å². The first kappa shape index (κ1) is 29.8. The van der Waals surface area contributed by atoms with Crippen molar-refractivity contribution in [3.8, 4) is 0 Å². The minimum absolute atomic E-state index is 0.0737. The van der Waals surface area contributed by atoms with Gasteiger partial charge in [0.15, 0.2) is 0 Å². The molecule has 0 rings (SSSR count). The Bertz CT molecular complexity index is 463. The molecule has 6 heteroatoms. The monoisotopic (exact) mass is 448 g/mol. The van der Waals surface area contributed by atoms with Crippen LogP contribution in [-0.4, -0.2) is 61.0 Å². The van der Waals surface area contributed by atoms with E-state index in [0.29, 0.717) is 17.4 Å². The predicted octanol–water partition coefficient (Wildman–Crippen LogP) is 6.29. The Labute approximate surface area is 187 Å². The third-order valence-corrected chi connectivity index (χ3v) is 6.61. The van der Waals surface area contributed by atoms with Crippen molar-refractivity contribution in [2.24, 2.45) is 0 Å². The summed E-state index contributed by atoms with van der Waals surface area (Å²) < 4.78 is 17.7. The van der Waals surface area contributed by atoms with Crippen LogP contribution in [0.15, 0.2) is 12.2 Å². The zero-order valence-electron chi connectivity index (χ0n) is 20.4. The summed E-state index contributed by atoms with van der Waals surface area (Å²) in [5.41, 5.74) is 0. The molecule has 0 aromatic rings. The van der Waals surface area contributed by atoms with E-state index in [0.717, 1.165) is 12.8 Å². The van der Waals surface area contributed by atoms with Crippen molar-refractivity contribution < 1.29 is 23.6 Å². The third-order valence-electron chi connectivity index (χ3n) is 5.18. The summed E-state index contributed by atoms with van der Waals surface area (Å²) in [6, 6.07) is 0. The van der Waals surface area contributed by atoms with Gasteiger partial charge < -0.3 is 19.0 Å². The Morgan fingerprint density at radius 3 is 1.80 bits per heavy atom. The molecule has 0 aromatic carbocycles. The average Bonchev–Trinajstić information content (AvgIpc) is 2.65. The first-order valence-corrected chi connectivity index (χ1v) is 14.0. The number of unbranched alkanes of at least 4 members (excludes halogenated alkanes) is 12. The second-order valence-corrected chi connectivity index (χ2v) is 11.7. The van der Waals surface area contributed by atoms with Crippen molar-refractivity contribution in [1.29, 1.82) is 0 Å². The molecule has 0 aromatic heterocycles. The van der Waals surface area contributed by atoms with Crippen LogP contribution < -0.4 is 0 Å². The fraction of sp³-hybridized carbons (Fsp3) is 0.917. The van der Waals surface area contributed by atoms with Crippen LogP contribution in [0.4, 0.5) is 0 Å². The van der Waals surface area contributed by atoms with Crippen LogP contribution in [-0.2, 0) is 9.09 Å². The fourth-order valence-electron chi connectivity index (χ4n) is 3.51. The average molecular weight is 449 g/mol. The summed E-state index contributed by atoms with van der Waals surface area (Å²) in [4.78, 5) is 9.89. The Morgan fingerprint density at radius 2 is 1.30 bits per heavy atom. The van der Waals surface area contributed by atoms with Gasteiger partial charge in [0.1, 0.15) is 12.6 Å². The highest BCUT2D eigenvalue weighted by Crippen LogP contribution is 2.43. The van der Waals surface area contributed by atoms with Crippen LogP contribution in [0.1, 0.15) is 96.8 Å². The van der Waals surface area contributed by atoms with Gasteiger partial charge in [-0.25, -0.2) is 0 Å². The maximum absolute atomic E-state index is 12.0. The van der Waals surface area contributed by atoms with Gasteiger partial charge in [0, 0.05) is 6.16 Å². The summed E-state index contributed by atoms with van der Waals surface area (Å²) in [6.45, 7) is 2.68. The summed E-state index contributed by atoms with van der Waals surface area (Å²) in [6.07, 6.45) is 21.1. The normalized spacial score (nSPS) is 15.5. The Hall–Kier alpha value is -0.190. The maximum Gasteiger partial charge on any atom is 0.328 e. The number of likely N-dealkylation sites (N-methyl/N-ethyl adjacent to an activating group) is 1. The molecule has 2 N–H and O–H groups in total. The number of hydrogen-bond acceptors (Lipinski definition) is 3. The van der Waals surface area contributed by atoms with Crippen LogP contribution in [0.5, 0.6) is 0 Å². The number of aliphatic hydroxyl groups excluding tert-OH is 1. The van der Waals surface area contributed by atoms with Crippen molar-refractivity contribution in [1.82, 2.24) is 0 Å². The van der Waals surface area contributed by atoms with Gasteiger partial charge >= 0.3 is 7.60 Å². The molecule has 30 heavy (non-hydrogen) atoms. The first-order chi connectivity index (χ1) is 14.2. The molecule has 0 saturated heterocycles. The number of nitrogens with zero attached hydrogens (tertiary/aromatic N) is 1. The smallest absolute Gasteiger partial charge is 0.328 e. The minimum atomic E-state index is -3.58. The van der Waals surface area contributed by atoms with Crippen LogP contribution in [0.25, 0.3) is 0 Å². The lowest BCUT2D eigenvalue weighted by Gasteiger charge is -2.27. The molecule has 2 unspecified atom stereocenters. The van der Waals surface area contributed by atoms with E-state index in [9.17, 15) is 14.6 Å². The van der Waals surface area contributed by atoms with Crippen LogP contribution in [0.3, 0.4) is 0 Å². The number of hydrogen-bond donors (Lipinski definition) is 2. The highest BCUT2D eigenvalue weighted by molar-refractivity contribution is 7.52. The number of aliphatic hydroxyl groups is 1. The Kier molecular flexibility index (Phi) is 18.3. The van der Waals surface area contributed by atoms with Gasteiger partial charge in [-0.1, -0.05) is 76.9 Å². The van der Waals surface area contributed by atoms with Gasteiger partial charge in [0.25, 0.3) is 0 Å². The fourth-order valence-corrected chi connectivity index (χ4v) is 4.67. The zero-order chi connectivity index (χ0) is 22.7. The van der Waals surface area contributed by atoms with Crippen molar-refractivity contribution >= 4 is 7.60 Å². The lowest BCUT2D eigenvalue weighted by molar-refractivity contribution is -0.873. The lowest BCUT2D eigenvalue weighted by Crippen LogP contribution is -2.42. The minimum Gasteiger partial charge on any atom is -0.385 e. The second-order valence-electron chi connectivity index (χ2n) is 9.72. The summed E-state index contributed by atoms with van der Waals surface area (Å²) >= 11 is 0. The Morgan fingerprint density at radius 1 is 0.833 bits per heavy atom. The summed E-state index contributed by atoms with van der Waals surface area (Å²) in [5.74, 6) is 0. The van der Waals surface area contributed by atoms with Crippen LogP contribution in [0, 0.1) is 0 Å². The molecule has 2 atom stereocenters. The first-order valence-electron chi connectivity index (χ1n) is 12.3. The van der Waals surface area contributed by atoms with Gasteiger partial charge in [0.05, 0.1) is 27.7 Å². The molecule has 0 heterocycles. The predicted molar refractivity (Wildman–Crippen MR) is 129 cm³/mol. The van der Waals surface area contributed by atoms with Crippen molar-refractivity contribution in [2.75, 3.05) is 40.5 Å². The molecule has 0 aliphatic rings. The molecular weight excluding hydrogens is 397 g/mol. The number of quaternary nitrogens is 1. The van der Waals surface area contributed by atoms with Gasteiger partial charge in [-0.3, -0.25) is 4.57 Å². The van der Waals surface area contributed by atoms with Gasteiger partial charge in [-0.05, 0) is 32.1 Å². The van der Waals surface area contributed by atoms with Crippen LogP contribution in [0.2, 0.25) is 0 Å². The summed E-state index contributed by atoms with van der Waals surface area (Å²) in [7, 11) is 2.32. The molecule has 0 fully saturated rings.